The third kappa shape index (κ3) is 3.19. The predicted octanol–water partition coefficient (Wildman–Crippen LogP) is 1.17. The van der Waals surface area contributed by atoms with E-state index in [9.17, 15) is 9.90 Å². The summed E-state index contributed by atoms with van der Waals surface area (Å²) >= 11 is 0. The molecule has 0 radical (unpaired) electrons. The fourth-order valence-electron chi connectivity index (χ4n) is 2.74. The molecule has 0 spiro atoms. The molecule has 17 heavy (non-hydrogen) atoms. The van der Waals surface area contributed by atoms with Crippen LogP contribution in [0, 0.1) is 5.92 Å². The van der Waals surface area contributed by atoms with Crippen LogP contribution in [0.3, 0.4) is 0 Å². The molecule has 0 aromatic carbocycles. The van der Waals surface area contributed by atoms with Crippen molar-refractivity contribution in [3.05, 3.63) is 0 Å². The molecule has 2 rings (SSSR count). The van der Waals surface area contributed by atoms with Crippen LogP contribution in [0.1, 0.15) is 39.5 Å². The van der Waals surface area contributed by atoms with Crippen molar-refractivity contribution in [2.75, 3.05) is 13.1 Å². The van der Waals surface area contributed by atoms with Crippen molar-refractivity contribution in [3.8, 4) is 0 Å². The van der Waals surface area contributed by atoms with Gasteiger partial charge in [0.25, 0.3) is 5.91 Å². The van der Waals surface area contributed by atoms with Crippen molar-refractivity contribution < 1.29 is 14.6 Å². The Hall–Kier alpha value is -0.610. The summed E-state index contributed by atoms with van der Waals surface area (Å²) in [7, 11) is 0. The maximum absolute atomic E-state index is 11.9. The molecular weight excluding hydrogens is 218 g/mol. The first-order valence-corrected chi connectivity index (χ1v) is 6.68. The van der Waals surface area contributed by atoms with Crippen molar-refractivity contribution in [2.24, 2.45) is 5.92 Å². The number of ether oxygens (including phenoxy) is 1. The lowest BCUT2D eigenvalue weighted by Gasteiger charge is -2.38. The average molecular weight is 241 g/mol. The Kier molecular flexibility index (Phi) is 4.05. The SMILES string of the molecule is CC1CCCC(OC(C)C(=O)N2CC(O)C2)C1. The highest BCUT2D eigenvalue weighted by Gasteiger charge is 2.33. The van der Waals surface area contributed by atoms with Crippen LogP contribution in [0.5, 0.6) is 0 Å². The molecule has 1 saturated carbocycles. The zero-order valence-electron chi connectivity index (χ0n) is 10.8. The molecule has 1 saturated heterocycles. The molecule has 1 N–H and O–H groups in total. The van der Waals surface area contributed by atoms with Gasteiger partial charge in [-0.2, -0.15) is 0 Å². The van der Waals surface area contributed by atoms with Gasteiger partial charge in [-0.3, -0.25) is 4.79 Å². The van der Waals surface area contributed by atoms with Crippen LogP contribution in [-0.4, -0.2) is 47.3 Å². The van der Waals surface area contributed by atoms with Gasteiger partial charge >= 0.3 is 0 Å². The van der Waals surface area contributed by atoms with Crippen molar-refractivity contribution in [1.82, 2.24) is 4.90 Å². The van der Waals surface area contributed by atoms with Gasteiger partial charge in [-0.15, -0.1) is 0 Å². The monoisotopic (exact) mass is 241 g/mol. The number of aliphatic hydroxyl groups excluding tert-OH is 1. The second-order valence-corrected chi connectivity index (χ2v) is 5.57. The maximum Gasteiger partial charge on any atom is 0.251 e. The van der Waals surface area contributed by atoms with Gasteiger partial charge in [-0.25, -0.2) is 0 Å². The van der Waals surface area contributed by atoms with E-state index in [0.717, 1.165) is 12.8 Å². The molecule has 1 heterocycles. The number of rotatable bonds is 3. The van der Waals surface area contributed by atoms with E-state index < -0.39 is 0 Å². The minimum Gasteiger partial charge on any atom is -0.389 e. The van der Waals surface area contributed by atoms with E-state index in [1.165, 1.54) is 12.8 Å². The number of nitrogens with zero attached hydrogens (tertiary/aromatic N) is 1. The zero-order valence-corrected chi connectivity index (χ0v) is 10.8. The van der Waals surface area contributed by atoms with E-state index in [-0.39, 0.29) is 24.2 Å². The molecule has 2 fully saturated rings. The lowest BCUT2D eigenvalue weighted by Crippen LogP contribution is -2.56. The van der Waals surface area contributed by atoms with Gasteiger partial charge in [0.2, 0.25) is 0 Å². The van der Waals surface area contributed by atoms with E-state index in [1.807, 2.05) is 6.92 Å². The quantitative estimate of drug-likeness (QED) is 0.807. The smallest absolute Gasteiger partial charge is 0.251 e. The van der Waals surface area contributed by atoms with E-state index >= 15 is 0 Å². The topological polar surface area (TPSA) is 49.8 Å². The van der Waals surface area contributed by atoms with Gasteiger partial charge in [0.05, 0.1) is 12.2 Å². The summed E-state index contributed by atoms with van der Waals surface area (Å²) in [4.78, 5) is 13.6. The first-order chi connectivity index (χ1) is 8.06. The summed E-state index contributed by atoms with van der Waals surface area (Å²) in [5.41, 5.74) is 0. The molecule has 0 aromatic heterocycles. The van der Waals surface area contributed by atoms with E-state index in [1.54, 1.807) is 4.90 Å². The normalized spacial score (nSPS) is 32.1. The molecule has 1 amide bonds. The van der Waals surface area contributed by atoms with Gasteiger partial charge in [-0.05, 0) is 25.7 Å². The molecule has 98 valence electrons. The van der Waals surface area contributed by atoms with Crippen LogP contribution in [0.2, 0.25) is 0 Å². The van der Waals surface area contributed by atoms with Crippen molar-refractivity contribution >= 4 is 5.91 Å². The van der Waals surface area contributed by atoms with Crippen LogP contribution in [0.15, 0.2) is 0 Å². The number of aliphatic hydroxyl groups is 1. The number of amides is 1. The molecule has 3 atom stereocenters. The Labute approximate surface area is 103 Å². The highest BCUT2D eigenvalue weighted by atomic mass is 16.5. The highest BCUT2D eigenvalue weighted by molar-refractivity contribution is 5.81. The summed E-state index contributed by atoms with van der Waals surface area (Å²) in [6, 6.07) is 0. The number of carbonyl (C=O) groups excluding carboxylic acids is 1. The first kappa shape index (κ1) is 12.8. The number of carbonyl (C=O) groups is 1. The first-order valence-electron chi connectivity index (χ1n) is 6.68. The fraction of sp³-hybridized carbons (Fsp3) is 0.923. The number of hydrogen-bond acceptors (Lipinski definition) is 3. The van der Waals surface area contributed by atoms with Gasteiger partial charge < -0.3 is 14.7 Å². The van der Waals surface area contributed by atoms with Crippen LogP contribution in [0.4, 0.5) is 0 Å². The van der Waals surface area contributed by atoms with Crippen LogP contribution in [0.25, 0.3) is 0 Å². The number of likely N-dealkylation sites (tertiary alicyclic amines) is 1. The van der Waals surface area contributed by atoms with Crippen molar-refractivity contribution in [2.45, 2.75) is 57.8 Å². The third-order valence-corrected chi connectivity index (χ3v) is 3.81. The molecule has 0 aromatic rings. The highest BCUT2D eigenvalue weighted by Crippen LogP contribution is 2.27. The third-order valence-electron chi connectivity index (χ3n) is 3.81. The summed E-state index contributed by atoms with van der Waals surface area (Å²) in [5, 5.41) is 9.17. The van der Waals surface area contributed by atoms with Gasteiger partial charge in [-0.1, -0.05) is 19.8 Å². The van der Waals surface area contributed by atoms with Crippen molar-refractivity contribution in [3.63, 3.8) is 0 Å². The van der Waals surface area contributed by atoms with E-state index in [0.29, 0.717) is 19.0 Å². The Morgan fingerprint density at radius 2 is 2.12 bits per heavy atom. The lowest BCUT2D eigenvalue weighted by molar-refractivity contribution is -0.157. The van der Waals surface area contributed by atoms with Crippen LogP contribution in [-0.2, 0) is 9.53 Å². The minimum absolute atomic E-state index is 0.0218. The second kappa shape index (κ2) is 5.36. The number of hydrogen-bond donors (Lipinski definition) is 1. The Balaban J connectivity index is 1.76. The zero-order chi connectivity index (χ0) is 12.4. The molecule has 0 bridgehead atoms. The van der Waals surface area contributed by atoms with Crippen LogP contribution < -0.4 is 0 Å². The lowest BCUT2D eigenvalue weighted by atomic mass is 9.88. The Morgan fingerprint density at radius 3 is 2.71 bits per heavy atom. The molecule has 1 aliphatic heterocycles. The second-order valence-electron chi connectivity index (χ2n) is 5.57. The average Bonchev–Trinajstić information content (AvgIpc) is 2.24. The predicted molar refractivity (Wildman–Crippen MR) is 64.6 cm³/mol. The Morgan fingerprint density at radius 1 is 1.41 bits per heavy atom. The molecular formula is C13H23NO3. The summed E-state index contributed by atoms with van der Waals surface area (Å²) in [5.74, 6) is 0.732. The minimum atomic E-state index is -0.363. The summed E-state index contributed by atoms with van der Waals surface area (Å²) in [6.07, 6.45) is 4.17. The largest absolute Gasteiger partial charge is 0.389 e. The van der Waals surface area contributed by atoms with Gasteiger partial charge in [0.15, 0.2) is 0 Å². The summed E-state index contributed by atoms with van der Waals surface area (Å²) in [6.45, 7) is 5.00. The standard InChI is InChI=1S/C13H23NO3/c1-9-4-3-5-12(6-9)17-10(2)13(16)14-7-11(15)8-14/h9-12,15H,3-8H2,1-2H3. The molecule has 3 unspecified atom stereocenters. The van der Waals surface area contributed by atoms with Crippen LogP contribution >= 0.6 is 0 Å². The fourth-order valence-corrected chi connectivity index (χ4v) is 2.74. The van der Waals surface area contributed by atoms with Gasteiger partial charge in [0, 0.05) is 13.1 Å². The molecule has 1 aliphatic carbocycles. The van der Waals surface area contributed by atoms with Gasteiger partial charge in [0.1, 0.15) is 6.10 Å². The van der Waals surface area contributed by atoms with E-state index in [2.05, 4.69) is 6.92 Å². The number of β-amino-alcohol motifs (C(OH)–C–C–N with tert-alkyl or cyclic N) is 1. The molecule has 4 heteroatoms. The molecule has 4 nitrogen and oxygen atoms in total. The van der Waals surface area contributed by atoms with E-state index in [4.69, 9.17) is 4.74 Å². The summed E-state index contributed by atoms with van der Waals surface area (Å²) < 4.78 is 5.84. The van der Waals surface area contributed by atoms with Crippen molar-refractivity contribution in [1.29, 1.82) is 0 Å². The Bertz CT molecular complexity index is 276. The molecule has 2 aliphatic rings. The maximum atomic E-state index is 11.9.